The van der Waals surface area contributed by atoms with Crippen molar-refractivity contribution in [1.82, 2.24) is 0 Å². The molecule has 0 saturated carbocycles. The molecule has 2 rings (SSSR count). The summed E-state index contributed by atoms with van der Waals surface area (Å²) in [6, 6.07) is 7.16. The van der Waals surface area contributed by atoms with E-state index in [-0.39, 0.29) is 0 Å². The number of anilines is 1. The lowest BCUT2D eigenvalue weighted by Gasteiger charge is -2.40. The summed E-state index contributed by atoms with van der Waals surface area (Å²) in [7, 11) is 3.49. The fourth-order valence-electron chi connectivity index (χ4n) is 4.42. The first-order valence-electron chi connectivity index (χ1n) is 9.27. The Morgan fingerprint density at radius 2 is 2.00 bits per heavy atom. The molecule has 1 aliphatic rings. The zero-order valence-corrected chi connectivity index (χ0v) is 17.7. The monoisotopic (exact) mass is 347 g/mol. The molecule has 1 aromatic rings. The molecule has 0 aliphatic carbocycles. The Morgan fingerprint density at radius 1 is 1.33 bits per heavy atom. The minimum absolute atomic E-state index is 0.426. The van der Waals surface area contributed by atoms with Gasteiger partial charge in [-0.2, -0.15) is 0 Å². The van der Waals surface area contributed by atoms with Gasteiger partial charge in [0.1, 0.15) is 0 Å². The molecule has 0 saturated heterocycles. The molecule has 2 unspecified atom stereocenters. The number of rotatable bonds is 5. The zero-order valence-electron chi connectivity index (χ0n) is 16.9. The molecule has 1 heterocycles. The number of nitrogens with zero attached hydrogens (tertiary/aromatic N) is 1. The minimum atomic E-state index is -0.785. The fraction of sp³-hybridized carbons (Fsp3) is 0.636. The maximum atomic E-state index is 4.38. The molecule has 0 aromatic heterocycles. The highest BCUT2D eigenvalue weighted by molar-refractivity contribution is 8.32. The van der Waals surface area contributed by atoms with E-state index in [4.69, 9.17) is 0 Å². The van der Waals surface area contributed by atoms with Crippen molar-refractivity contribution in [2.75, 3.05) is 37.3 Å². The summed E-state index contributed by atoms with van der Waals surface area (Å²) in [6.45, 7) is 11.5. The van der Waals surface area contributed by atoms with Gasteiger partial charge in [0, 0.05) is 25.7 Å². The van der Waals surface area contributed by atoms with Gasteiger partial charge in [0.2, 0.25) is 0 Å². The number of fused-ring (bicyclic) bond motifs is 1. The van der Waals surface area contributed by atoms with E-state index in [2.05, 4.69) is 77.1 Å². The maximum Gasteiger partial charge on any atom is 0.0364 e. The van der Waals surface area contributed by atoms with Crippen molar-refractivity contribution in [3.63, 3.8) is 0 Å². The SMILES string of the molecule is C=C(C)C1CC(C)(CCCC)CS(C)(C)c2ccc(N(C)C)cc21. The van der Waals surface area contributed by atoms with Crippen molar-refractivity contribution < 1.29 is 0 Å². The first kappa shape index (κ1) is 19.4. The van der Waals surface area contributed by atoms with Gasteiger partial charge in [0.05, 0.1) is 0 Å². The Balaban J connectivity index is 2.57. The van der Waals surface area contributed by atoms with E-state index in [9.17, 15) is 0 Å². The molecule has 0 radical (unpaired) electrons. The lowest BCUT2D eigenvalue weighted by molar-refractivity contribution is 0.291. The van der Waals surface area contributed by atoms with Crippen molar-refractivity contribution in [2.24, 2.45) is 5.41 Å². The van der Waals surface area contributed by atoms with Crippen LogP contribution in [-0.2, 0) is 0 Å². The van der Waals surface area contributed by atoms with Crippen LogP contribution in [0.5, 0.6) is 0 Å². The van der Waals surface area contributed by atoms with Gasteiger partial charge in [0.15, 0.2) is 0 Å². The third kappa shape index (κ3) is 4.02. The molecule has 1 aromatic carbocycles. The van der Waals surface area contributed by atoms with E-state index >= 15 is 0 Å². The van der Waals surface area contributed by atoms with Crippen LogP contribution < -0.4 is 4.90 Å². The quantitative estimate of drug-likeness (QED) is 0.554. The van der Waals surface area contributed by atoms with E-state index in [0.717, 1.165) is 0 Å². The van der Waals surface area contributed by atoms with Gasteiger partial charge in [-0.1, -0.05) is 38.8 Å². The molecule has 1 nitrogen and oxygen atoms in total. The molecule has 0 fully saturated rings. The topological polar surface area (TPSA) is 3.24 Å². The van der Waals surface area contributed by atoms with Crippen molar-refractivity contribution in [3.8, 4) is 0 Å². The molecule has 0 amide bonds. The van der Waals surface area contributed by atoms with Gasteiger partial charge in [-0.15, -0.1) is 0 Å². The van der Waals surface area contributed by atoms with Crippen LogP contribution in [0, 0.1) is 5.41 Å². The Morgan fingerprint density at radius 3 is 2.54 bits per heavy atom. The fourth-order valence-corrected chi connectivity index (χ4v) is 7.85. The normalized spacial score (nSPS) is 27.0. The van der Waals surface area contributed by atoms with E-state index in [0.29, 0.717) is 11.3 Å². The lowest BCUT2D eigenvalue weighted by Crippen LogP contribution is -2.25. The molecule has 24 heavy (non-hydrogen) atoms. The second kappa shape index (κ2) is 7.15. The summed E-state index contributed by atoms with van der Waals surface area (Å²) in [4.78, 5) is 3.83. The van der Waals surface area contributed by atoms with Gasteiger partial charge < -0.3 is 4.90 Å². The number of hydrogen-bond acceptors (Lipinski definition) is 1. The average molecular weight is 348 g/mol. The molecule has 0 bridgehead atoms. The first-order valence-corrected chi connectivity index (χ1v) is 11.9. The molecule has 136 valence electrons. The van der Waals surface area contributed by atoms with Crippen molar-refractivity contribution in [2.45, 2.75) is 57.3 Å². The molecule has 0 N–H and O–H groups in total. The largest absolute Gasteiger partial charge is 0.378 e. The summed E-state index contributed by atoms with van der Waals surface area (Å²) >= 11 is 0. The highest BCUT2D eigenvalue weighted by Crippen LogP contribution is 2.61. The van der Waals surface area contributed by atoms with Crippen LogP contribution in [0.2, 0.25) is 0 Å². The lowest BCUT2D eigenvalue weighted by atomic mass is 9.74. The predicted octanol–water partition coefficient (Wildman–Crippen LogP) is 6.44. The standard InChI is InChI=1S/C22H37NS/c1-9-10-13-22(4)15-20(17(2)3)19-14-18(23(5)6)11-12-21(19)24(7,8)16-22/h11-12,14,20H,2,9-10,13,15-16H2,1,3-8H3. The molecular formula is C22H37NS. The van der Waals surface area contributed by atoms with Crippen LogP contribution in [0.3, 0.4) is 0 Å². The van der Waals surface area contributed by atoms with Gasteiger partial charge in [-0.3, -0.25) is 0 Å². The second-order valence-corrected chi connectivity index (χ2v) is 12.6. The molecule has 1 aliphatic heterocycles. The van der Waals surface area contributed by atoms with Crippen molar-refractivity contribution >= 4 is 15.7 Å². The van der Waals surface area contributed by atoms with Gasteiger partial charge in [0.25, 0.3) is 0 Å². The summed E-state index contributed by atoms with van der Waals surface area (Å²) in [5.74, 6) is 1.84. The minimum Gasteiger partial charge on any atom is -0.378 e. The summed E-state index contributed by atoms with van der Waals surface area (Å²) in [5, 5.41) is 0. The predicted molar refractivity (Wildman–Crippen MR) is 113 cm³/mol. The Labute approximate surface area is 151 Å². The van der Waals surface area contributed by atoms with Crippen LogP contribution in [0.25, 0.3) is 0 Å². The molecule has 0 spiro atoms. The van der Waals surface area contributed by atoms with Crippen LogP contribution in [0.4, 0.5) is 5.69 Å². The second-order valence-electron chi connectivity index (χ2n) is 8.82. The Bertz CT molecular complexity index is 602. The summed E-state index contributed by atoms with van der Waals surface area (Å²) in [5.41, 5.74) is 4.61. The summed E-state index contributed by atoms with van der Waals surface area (Å²) in [6.07, 6.45) is 10.3. The smallest absolute Gasteiger partial charge is 0.0364 e. The zero-order chi connectivity index (χ0) is 18.1. The van der Waals surface area contributed by atoms with Crippen LogP contribution in [0.1, 0.15) is 57.9 Å². The van der Waals surface area contributed by atoms with Gasteiger partial charge in [-0.25, -0.2) is 10.0 Å². The number of allylic oxidation sites excluding steroid dienone is 1. The average Bonchev–Trinajstić information content (AvgIpc) is 2.57. The Kier molecular flexibility index (Phi) is 5.79. The highest BCUT2D eigenvalue weighted by Gasteiger charge is 2.39. The third-order valence-electron chi connectivity index (χ3n) is 5.62. The van der Waals surface area contributed by atoms with Gasteiger partial charge >= 0.3 is 0 Å². The van der Waals surface area contributed by atoms with E-state index in [1.165, 1.54) is 42.7 Å². The van der Waals surface area contributed by atoms with Crippen LogP contribution >= 0.6 is 10.0 Å². The van der Waals surface area contributed by atoms with Gasteiger partial charge in [-0.05, 0) is 72.1 Å². The van der Waals surface area contributed by atoms with Crippen LogP contribution in [0.15, 0.2) is 35.2 Å². The molecular weight excluding hydrogens is 310 g/mol. The van der Waals surface area contributed by atoms with Crippen molar-refractivity contribution in [1.29, 1.82) is 0 Å². The number of unbranched alkanes of at least 4 members (excludes halogenated alkanes) is 1. The van der Waals surface area contributed by atoms with Crippen molar-refractivity contribution in [3.05, 3.63) is 35.9 Å². The molecule has 2 heteroatoms. The van der Waals surface area contributed by atoms with Crippen LogP contribution in [-0.4, -0.2) is 32.4 Å². The third-order valence-corrected chi connectivity index (χ3v) is 8.60. The van der Waals surface area contributed by atoms with E-state index in [1.807, 2.05) is 0 Å². The number of benzene rings is 1. The van der Waals surface area contributed by atoms with E-state index in [1.54, 1.807) is 10.5 Å². The number of hydrogen-bond donors (Lipinski definition) is 0. The molecule has 2 atom stereocenters. The summed E-state index contributed by atoms with van der Waals surface area (Å²) < 4.78 is 0. The van der Waals surface area contributed by atoms with E-state index < -0.39 is 10.0 Å². The maximum absolute atomic E-state index is 4.38. The highest BCUT2D eigenvalue weighted by atomic mass is 32.3. The Hall–Kier alpha value is -0.890. The first-order chi connectivity index (χ1) is 11.1.